The monoisotopic (exact) mass is 502 g/mol. The number of nitrogens with zero attached hydrogens (tertiary/aromatic N) is 2. The van der Waals surface area contributed by atoms with Crippen LogP contribution in [0.2, 0.25) is 0 Å². The molecule has 2 saturated heterocycles. The minimum atomic E-state index is -0.159. The molecule has 9 heteroatoms. The van der Waals surface area contributed by atoms with E-state index in [0.29, 0.717) is 56.3 Å². The van der Waals surface area contributed by atoms with Crippen molar-refractivity contribution in [3.8, 4) is 11.6 Å². The Morgan fingerprint density at radius 3 is 2.64 bits per heavy atom. The predicted molar refractivity (Wildman–Crippen MR) is 132 cm³/mol. The van der Waals surface area contributed by atoms with Crippen LogP contribution in [0.25, 0.3) is 11.0 Å². The van der Waals surface area contributed by atoms with Crippen LogP contribution in [-0.4, -0.2) is 74.0 Å². The number of rotatable bonds is 10. The Hall–Kier alpha value is -2.36. The van der Waals surface area contributed by atoms with E-state index in [1.54, 1.807) is 0 Å². The number of benzene rings is 1. The van der Waals surface area contributed by atoms with E-state index in [4.69, 9.17) is 23.5 Å². The molecule has 0 radical (unpaired) electrons. The summed E-state index contributed by atoms with van der Waals surface area (Å²) < 4.78 is 28.7. The second kappa shape index (κ2) is 11.8. The molecular weight excluding hydrogens is 464 g/mol. The lowest BCUT2D eigenvalue weighted by Gasteiger charge is -2.31. The van der Waals surface area contributed by atoms with Gasteiger partial charge in [0.15, 0.2) is 5.58 Å². The molecule has 3 fully saturated rings. The number of likely N-dealkylation sites (tertiary alicyclic amines) is 1. The van der Waals surface area contributed by atoms with Crippen molar-refractivity contribution in [3.05, 3.63) is 18.2 Å². The number of aliphatic hydroxyl groups excluding tert-OH is 1. The minimum absolute atomic E-state index is 0.0248. The van der Waals surface area contributed by atoms with Gasteiger partial charge < -0.3 is 28.6 Å². The second-order valence-corrected chi connectivity index (χ2v) is 10.6. The van der Waals surface area contributed by atoms with Gasteiger partial charge in [0.1, 0.15) is 17.9 Å². The van der Waals surface area contributed by atoms with Crippen LogP contribution >= 0.6 is 0 Å². The molecule has 198 valence electrons. The maximum absolute atomic E-state index is 12.3. The molecule has 1 N–H and O–H groups in total. The van der Waals surface area contributed by atoms with E-state index in [2.05, 4.69) is 10.1 Å². The molecule has 2 aromatic rings. The number of carbonyl (C=O) groups excluding carboxylic acids is 1. The number of hydrogen-bond acceptors (Lipinski definition) is 9. The highest BCUT2D eigenvalue weighted by Crippen LogP contribution is 2.40. The fourth-order valence-corrected chi connectivity index (χ4v) is 5.54. The van der Waals surface area contributed by atoms with Crippen LogP contribution in [0.15, 0.2) is 22.7 Å². The third-order valence-corrected chi connectivity index (χ3v) is 8.07. The largest absolute Gasteiger partial charge is 0.492 e. The maximum Gasteiger partial charge on any atom is 0.310 e. The first kappa shape index (κ1) is 25.3. The molecule has 9 nitrogen and oxygen atoms in total. The topological polar surface area (TPSA) is 103 Å². The number of piperidine rings is 1. The van der Waals surface area contributed by atoms with Gasteiger partial charge in [0, 0.05) is 31.7 Å². The van der Waals surface area contributed by atoms with Gasteiger partial charge in [0.25, 0.3) is 5.88 Å². The summed E-state index contributed by atoms with van der Waals surface area (Å²) in [7, 11) is 0. The van der Waals surface area contributed by atoms with Crippen LogP contribution in [0.1, 0.15) is 51.4 Å². The first-order valence-corrected chi connectivity index (χ1v) is 13.4. The Bertz CT molecular complexity index is 989. The highest BCUT2D eigenvalue weighted by molar-refractivity contribution is 5.88. The number of ether oxygens (including phenoxy) is 4. The third-order valence-electron chi connectivity index (χ3n) is 8.07. The van der Waals surface area contributed by atoms with E-state index in [0.717, 1.165) is 69.8 Å². The molecule has 0 amide bonds. The molecule has 0 bridgehead atoms. The van der Waals surface area contributed by atoms with Gasteiger partial charge in [0.05, 0.1) is 25.7 Å². The summed E-state index contributed by atoms with van der Waals surface area (Å²) in [4.78, 5) is 14.5. The molecule has 3 heterocycles. The fraction of sp³-hybridized carbons (Fsp3) is 0.704. The van der Waals surface area contributed by atoms with Gasteiger partial charge >= 0.3 is 5.97 Å². The van der Waals surface area contributed by atoms with E-state index in [-0.39, 0.29) is 23.9 Å². The lowest BCUT2D eigenvalue weighted by molar-refractivity contribution is -0.157. The number of fused-ring (bicyclic) bond motifs is 1. The highest BCUT2D eigenvalue weighted by atomic mass is 16.5. The van der Waals surface area contributed by atoms with Crippen LogP contribution in [0.4, 0.5) is 0 Å². The number of aliphatic hydroxyl groups is 1. The smallest absolute Gasteiger partial charge is 0.310 e. The summed E-state index contributed by atoms with van der Waals surface area (Å²) in [6.07, 6.45) is 7.67. The summed E-state index contributed by atoms with van der Waals surface area (Å²) >= 11 is 0. The number of aromatic nitrogens is 1. The van der Waals surface area contributed by atoms with Gasteiger partial charge in [-0.1, -0.05) is 18.9 Å². The normalized spacial score (nSPS) is 21.6. The molecule has 0 unspecified atom stereocenters. The molecule has 3 aliphatic rings. The van der Waals surface area contributed by atoms with Gasteiger partial charge in [-0.15, -0.1) is 0 Å². The van der Waals surface area contributed by atoms with Crippen molar-refractivity contribution in [1.82, 2.24) is 10.1 Å². The van der Waals surface area contributed by atoms with Gasteiger partial charge in [-0.2, -0.15) is 0 Å². The van der Waals surface area contributed by atoms with E-state index < -0.39 is 0 Å². The van der Waals surface area contributed by atoms with Crippen molar-refractivity contribution >= 4 is 16.9 Å². The minimum Gasteiger partial charge on any atom is -0.492 e. The summed E-state index contributed by atoms with van der Waals surface area (Å²) in [6, 6.07) is 5.66. The van der Waals surface area contributed by atoms with Gasteiger partial charge in [0.2, 0.25) is 0 Å². The average molecular weight is 503 g/mol. The van der Waals surface area contributed by atoms with E-state index in [1.807, 2.05) is 18.2 Å². The van der Waals surface area contributed by atoms with Gasteiger partial charge in [-0.25, -0.2) is 0 Å². The molecule has 1 aliphatic carbocycles. The summed E-state index contributed by atoms with van der Waals surface area (Å²) in [5.41, 5.74) is 0.473. The third kappa shape index (κ3) is 5.95. The van der Waals surface area contributed by atoms with Crippen molar-refractivity contribution in [2.75, 3.05) is 52.9 Å². The maximum atomic E-state index is 12.3. The molecule has 5 rings (SSSR count). The van der Waals surface area contributed by atoms with Gasteiger partial charge in [-0.3, -0.25) is 9.69 Å². The van der Waals surface area contributed by atoms with Crippen LogP contribution < -0.4 is 9.47 Å². The highest BCUT2D eigenvalue weighted by Gasteiger charge is 2.34. The van der Waals surface area contributed by atoms with Crippen molar-refractivity contribution in [1.29, 1.82) is 0 Å². The fourth-order valence-electron chi connectivity index (χ4n) is 5.54. The Morgan fingerprint density at radius 1 is 1.11 bits per heavy atom. The van der Waals surface area contributed by atoms with Crippen LogP contribution in [0.5, 0.6) is 11.6 Å². The zero-order valence-corrected chi connectivity index (χ0v) is 21.0. The molecule has 0 spiro atoms. The second-order valence-electron chi connectivity index (χ2n) is 10.6. The quantitative estimate of drug-likeness (QED) is 0.486. The zero-order chi connectivity index (χ0) is 24.8. The Labute approximate surface area is 212 Å². The van der Waals surface area contributed by atoms with Crippen molar-refractivity contribution in [3.63, 3.8) is 0 Å². The van der Waals surface area contributed by atoms with Crippen LogP contribution in [0.3, 0.4) is 0 Å². The van der Waals surface area contributed by atoms with Crippen molar-refractivity contribution in [2.45, 2.75) is 51.4 Å². The molecule has 1 saturated carbocycles. The van der Waals surface area contributed by atoms with Crippen LogP contribution in [0, 0.1) is 17.3 Å². The predicted octanol–water partition coefficient (Wildman–Crippen LogP) is 3.78. The lowest BCUT2D eigenvalue weighted by atomic mass is 9.88. The standard InChI is InChI=1S/C27H38N2O7/c30-17-27(10-1-2-11-27)18-34-22-4-3-5-23-24(22)25(28-36-23)33-16-20-6-12-29(13-7-20)19-35-26(31)21-8-14-32-15-9-21/h3-5,20-21,30H,1-2,6-19H2. The van der Waals surface area contributed by atoms with E-state index in [1.165, 1.54) is 0 Å². The van der Waals surface area contributed by atoms with E-state index in [9.17, 15) is 9.90 Å². The lowest BCUT2D eigenvalue weighted by Crippen LogP contribution is -2.38. The van der Waals surface area contributed by atoms with Crippen LogP contribution in [-0.2, 0) is 14.3 Å². The first-order chi connectivity index (χ1) is 17.7. The SMILES string of the molecule is O=C(OCN1CCC(COc2noc3cccc(OCC4(CO)CCCC4)c23)CC1)C1CCOCC1. The zero-order valence-electron chi connectivity index (χ0n) is 21.0. The molecule has 1 aromatic heterocycles. The van der Waals surface area contributed by atoms with Crippen molar-refractivity contribution < 1.29 is 33.4 Å². The summed E-state index contributed by atoms with van der Waals surface area (Å²) in [6.45, 7) is 4.54. The first-order valence-electron chi connectivity index (χ1n) is 13.4. The average Bonchev–Trinajstić information content (AvgIpc) is 3.58. The summed E-state index contributed by atoms with van der Waals surface area (Å²) in [5, 5.41) is 14.8. The molecular formula is C27H38N2O7. The van der Waals surface area contributed by atoms with Crippen molar-refractivity contribution in [2.24, 2.45) is 17.3 Å². The Balaban J connectivity index is 1.10. The molecule has 2 aliphatic heterocycles. The summed E-state index contributed by atoms with van der Waals surface area (Å²) in [5.74, 6) is 1.41. The Morgan fingerprint density at radius 2 is 1.89 bits per heavy atom. The van der Waals surface area contributed by atoms with E-state index >= 15 is 0 Å². The number of esters is 1. The Kier molecular flexibility index (Phi) is 8.29. The van der Waals surface area contributed by atoms with Gasteiger partial charge in [-0.05, 0) is 61.7 Å². The molecule has 1 aromatic carbocycles. The number of carbonyl (C=O) groups is 1. The molecule has 36 heavy (non-hydrogen) atoms. The molecule has 0 atom stereocenters. The number of hydrogen-bond donors (Lipinski definition) is 1.